The molecule has 6 heteroatoms. The fraction of sp³-hybridized carbons (Fsp3) is 0.188. The van der Waals surface area contributed by atoms with E-state index in [2.05, 4.69) is 0 Å². The molecular formula is C16H13Cl2NO3. The van der Waals surface area contributed by atoms with Gasteiger partial charge < -0.3 is 4.74 Å². The highest BCUT2D eigenvalue weighted by Crippen LogP contribution is 2.34. The Balaban J connectivity index is 1.89. The second-order valence-electron chi connectivity index (χ2n) is 5.07. The third kappa shape index (κ3) is 2.90. The third-order valence-corrected chi connectivity index (χ3v) is 4.40. The van der Waals surface area contributed by atoms with E-state index >= 15 is 0 Å². The molecule has 1 amide bonds. The molecule has 0 spiro atoms. The minimum Gasteiger partial charge on any atom is -0.480 e. The first-order valence-electron chi connectivity index (χ1n) is 6.77. The SMILES string of the molecule is O=C(NO)C1CCc2cc(-c3ccc(Cl)c(Cl)c3)ccc2O1. The Labute approximate surface area is 137 Å². The normalized spacial score (nSPS) is 16.6. The molecule has 1 unspecified atom stereocenters. The summed E-state index contributed by atoms with van der Waals surface area (Å²) in [6.45, 7) is 0. The van der Waals surface area contributed by atoms with Gasteiger partial charge in [-0.05, 0) is 53.8 Å². The van der Waals surface area contributed by atoms with E-state index in [1.54, 1.807) is 11.5 Å². The Morgan fingerprint density at radius 1 is 1.14 bits per heavy atom. The van der Waals surface area contributed by atoms with E-state index in [1.807, 2.05) is 30.3 Å². The highest BCUT2D eigenvalue weighted by atomic mass is 35.5. The summed E-state index contributed by atoms with van der Waals surface area (Å²) in [6.07, 6.45) is 0.556. The van der Waals surface area contributed by atoms with Gasteiger partial charge in [0.05, 0.1) is 10.0 Å². The average Bonchev–Trinajstić information content (AvgIpc) is 2.55. The molecule has 0 saturated carbocycles. The maximum atomic E-state index is 11.4. The number of benzene rings is 2. The number of hydrogen-bond donors (Lipinski definition) is 2. The summed E-state index contributed by atoms with van der Waals surface area (Å²) in [5.41, 5.74) is 4.61. The van der Waals surface area contributed by atoms with Crippen LogP contribution in [0, 0.1) is 0 Å². The van der Waals surface area contributed by atoms with Gasteiger partial charge >= 0.3 is 0 Å². The van der Waals surface area contributed by atoms with Crippen molar-refractivity contribution in [1.29, 1.82) is 0 Å². The maximum Gasteiger partial charge on any atom is 0.284 e. The number of carbonyl (C=O) groups excluding carboxylic acids is 1. The molecule has 2 aromatic carbocycles. The van der Waals surface area contributed by atoms with Crippen molar-refractivity contribution in [2.45, 2.75) is 18.9 Å². The van der Waals surface area contributed by atoms with Crippen LogP contribution in [0.3, 0.4) is 0 Å². The van der Waals surface area contributed by atoms with Crippen molar-refractivity contribution in [3.63, 3.8) is 0 Å². The van der Waals surface area contributed by atoms with Crippen molar-refractivity contribution < 1.29 is 14.7 Å². The molecule has 114 valence electrons. The molecule has 22 heavy (non-hydrogen) atoms. The molecule has 2 aromatic rings. The van der Waals surface area contributed by atoms with Gasteiger partial charge in [-0.15, -0.1) is 0 Å². The molecule has 0 bridgehead atoms. The van der Waals surface area contributed by atoms with E-state index in [9.17, 15) is 4.79 Å². The molecule has 0 aliphatic carbocycles. The topological polar surface area (TPSA) is 58.6 Å². The van der Waals surface area contributed by atoms with E-state index in [1.165, 1.54) is 0 Å². The van der Waals surface area contributed by atoms with Crippen molar-refractivity contribution >= 4 is 29.1 Å². The molecular weight excluding hydrogens is 325 g/mol. The van der Waals surface area contributed by atoms with Crippen molar-refractivity contribution in [3.05, 3.63) is 52.0 Å². The molecule has 3 rings (SSSR count). The Morgan fingerprint density at radius 3 is 2.59 bits per heavy atom. The lowest BCUT2D eigenvalue weighted by molar-refractivity contribution is -0.137. The summed E-state index contributed by atoms with van der Waals surface area (Å²) in [5.74, 6) is 0.128. The van der Waals surface area contributed by atoms with Crippen molar-refractivity contribution in [3.8, 4) is 16.9 Å². The third-order valence-electron chi connectivity index (χ3n) is 3.66. The summed E-state index contributed by atoms with van der Waals surface area (Å²) in [7, 11) is 0. The number of nitrogens with one attached hydrogen (secondary N) is 1. The smallest absolute Gasteiger partial charge is 0.284 e. The minimum atomic E-state index is -0.659. The Kier molecular flexibility index (Phi) is 4.25. The zero-order valence-electron chi connectivity index (χ0n) is 11.5. The number of ether oxygens (including phenoxy) is 1. The number of hydrogen-bond acceptors (Lipinski definition) is 3. The summed E-state index contributed by atoms with van der Waals surface area (Å²) in [4.78, 5) is 11.4. The van der Waals surface area contributed by atoms with Crippen molar-refractivity contribution in [2.24, 2.45) is 0 Å². The first-order valence-corrected chi connectivity index (χ1v) is 7.53. The summed E-state index contributed by atoms with van der Waals surface area (Å²) < 4.78 is 5.60. The van der Waals surface area contributed by atoms with E-state index in [-0.39, 0.29) is 0 Å². The van der Waals surface area contributed by atoms with Crippen molar-refractivity contribution in [2.75, 3.05) is 0 Å². The number of hydroxylamine groups is 1. The first-order chi connectivity index (χ1) is 10.6. The predicted octanol–water partition coefficient (Wildman–Crippen LogP) is 3.86. The molecule has 1 aliphatic rings. The number of carbonyl (C=O) groups is 1. The van der Waals surface area contributed by atoms with Gasteiger partial charge in [0, 0.05) is 0 Å². The lowest BCUT2D eigenvalue weighted by Gasteiger charge is -2.25. The van der Waals surface area contributed by atoms with Gasteiger partial charge in [-0.25, -0.2) is 5.48 Å². The Hall–Kier alpha value is -1.75. The monoisotopic (exact) mass is 337 g/mol. The minimum absolute atomic E-state index is 0.507. The number of amides is 1. The Morgan fingerprint density at radius 2 is 1.86 bits per heavy atom. The highest BCUT2D eigenvalue weighted by molar-refractivity contribution is 6.42. The molecule has 0 saturated heterocycles. The zero-order valence-corrected chi connectivity index (χ0v) is 13.0. The quantitative estimate of drug-likeness (QED) is 0.646. The summed E-state index contributed by atoms with van der Waals surface area (Å²) >= 11 is 12.0. The fourth-order valence-electron chi connectivity index (χ4n) is 2.50. The van der Waals surface area contributed by atoms with Crippen molar-refractivity contribution in [1.82, 2.24) is 5.48 Å². The van der Waals surface area contributed by atoms with Gasteiger partial charge in [0.15, 0.2) is 6.10 Å². The van der Waals surface area contributed by atoms with Crippen LogP contribution in [-0.2, 0) is 11.2 Å². The first kappa shape index (κ1) is 15.2. The van der Waals surface area contributed by atoms with E-state index in [0.717, 1.165) is 16.7 Å². The lowest BCUT2D eigenvalue weighted by Crippen LogP contribution is -2.38. The largest absolute Gasteiger partial charge is 0.480 e. The summed E-state index contributed by atoms with van der Waals surface area (Å²) in [5, 5.41) is 9.70. The molecule has 4 nitrogen and oxygen atoms in total. The number of aryl methyl sites for hydroxylation is 1. The lowest BCUT2D eigenvalue weighted by atomic mass is 9.97. The molecule has 1 atom stereocenters. The van der Waals surface area contributed by atoms with Gasteiger partial charge in [-0.2, -0.15) is 0 Å². The van der Waals surface area contributed by atoms with Crippen LogP contribution < -0.4 is 10.2 Å². The van der Waals surface area contributed by atoms with Gasteiger partial charge in [0.2, 0.25) is 0 Å². The van der Waals surface area contributed by atoms with Gasteiger partial charge in [-0.3, -0.25) is 10.0 Å². The molecule has 0 fully saturated rings. The van der Waals surface area contributed by atoms with E-state index in [0.29, 0.717) is 28.6 Å². The number of halogens is 2. The summed E-state index contributed by atoms with van der Waals surface area (Å²) in [6, 6.07) is 11.2. The Bertz CT molecular complexity index is 733. The van der Waals surface area contributed by atoms with Crippen LogP contribution in [0.4, 0.5) is 0 Å². The molecule has 2 N–H and O–H groups in total. The van der Waals surface area contributed by atoms with Crippen LogP contribution in [0.25, 0.3) is 11.1 Å². The molecule has 1 heterocycles. The van der Waals surface area contributed by atoms with Gasteiger partial charge in [-0.1, -0.05) is 35.3 Å². The van der Waals surface area contributed by atoms with E-state index < -0.39 is 12.0 Å². The standard InChI is InChI=1S/C16H13Cl2NO3/c17-12-4-1-10(8-13(12)18)9-2-5-14-11(7-9)3-6-15(22-14)16(20)19-21/h1-2,4-5,7-8,15,21H,3,6H2,(H,19,20). The molecule has 1 aliphatic heterocycles. The van der Waals surface area contributed by atoms with Crippen LogP contribution in [0.5, 0.6) is 5.75 Å². The highest BCUT2D eigenvalue weighted by Gasteiger charge is 2.26. The maximum absolute atomic E-state index is 11.4. The molecule has 0 aromatic heterocycles. The van der Waals surface area contributed by atoms with Crippen LogP contribution >= 0.6 is 23.2 Å². The van der Waals surface area contributed by atoms with Crippen LogP contribution in [-0.4, -0.2) is 17.2 Å². The number of rotatable bonds is 2. The van der Waals surface area contributed by atoms with Crippen LogP contribution in [0.2, 0.25) is 10.0 Å². The van der Waals surface area contributed by atoms with Crippen LogP contribution in [0.1, 0.15) is 12.0 Å². The van der Waals surface area contributed by atoms with Gasteiger partial charge in [0.1, 0.15) is 5.75 Å². The fourth-order valence-corrected chi connectivity index (χ4v) is 2.80. The molecule has 0 radical (unpaired) electrons. The van der Waals surface area contributed by atoms with Crippen LogP contribution in [0.15, 0.2) is 36.4 Å². The zero-order chi connectivity index (χ0) is 15.7. The van der Waals surface area contributed by atoms with E-state index in [4.69, 9.17) is 33.1 Å². The van der Waals surface area contributed by atoms with Gasteiger partial charge in [0.25, 0.3) is 5.91 Å². The predicted molar refractivity (Wildman–Crippen MR) is 84.6 cm³/mol. The number of fused-ring (bicyclic) bond motifs is 1. The second-order valence-corrected chi connectivity index (χ2v) is 5.89. The second kappa shape index (κ2) is 6.16. The average molecular weight is 338 g/mol.